The normalized spacial score (nSPS) is 10.1. The lowest BCUT2D eigenvalue weighted by molar-refractivity contribution is 0.624. The van der Waals surface area contributed by atoms with Gasteiger partial charge >= 0.3 is 0 Å². The highest BCUT2D eigenvalue weighted by Crippen LogP contribution is 2.13. The molecule has 0 unspecified atom stereocenters. The van der Waals surface area contributed by atoms with Gasteiger partial charge < -0.3 is 0 Å². The molecule has 12 heavy (non-hydrogen) atoms. The first-order valence-electron chi connectivity index (χ1n) is 3.63. The van der Waals surface area contributed by atoms with Crippen LogP contribution in [0, 0.1) is 25.1 Å². The lowest BCUT2D eigenvalue weighted by Gasteiger charge is -1.99. The van der Waals surface area contributed by atoms with Crippen LogP contribution in [-0.4, -0.2) is 0 Å². The van der Waals surface area contributed by atoms with Gasteiger partial charge in [-0.15, -0.1) is 6.42 Å². The largest absolute Gasteiger partial charge is 0.206 e. The molecule has 1 aromatic rings. The Morgan fingerprint density at radius 1 is 1.50 bits per heavy atom. The van der Waals surface area contributed by atoms with E-state index in [4.69, 9.17) is 6.42 Å². The van der Waals surface area contributed by atoms with Crippen LogP contribution in [0.4, 0.5) is 4.39 Å². The van der Waals surface area contributed by atoms with E-state index in [2.05, 4.69) is 5.92 Å². The number of halogens is 1. The van der Waals surface area contributed by atoms with Crippen molar-refractivity contribution in [1.82, 2.24) is 0 Å². The van der Waals surface area contributed by atoms with Gasteiger partial charge in [-0.05, 0) is 30.7 Å². The van der Waals surface area contributed by atoms with Crippen molar-refractivity contribution in [2.45, 2.75) is 6.92 Å². The first kappa shape index (κ1) is 8.55. The number of benzene rings is 1. The van der Waals surface area contributed by atoms with Crippen molar-refractivity contribution in [1.29, 1.82) is 0 Å². The predicted octanol–water partition coefficient (Wildman–Crippen LogP) is 2.78. The van der Waals surface area contributed by atoms with Gasteiger partial charge in [0.05, 0.1) is 0 Å². The molecule has 0 aromatic heterocycles. The van der Waals surface area contributed by atoms with E-state index in [1.807, 2.05) is 13.0 Å². The summed E-state index contributed by atoms with van der Waals surface area (Å²) in [6.45, 7) is 1.85. The van der Waals surface area contributed by atoms with E-state index in [1.54, 1.807) is 12.1 Å². The molecule has 0 saturated carbocycles. The smallest absolute Gasteiger partial charge is 0.130 e. The maximum Gasteiger partial charge on any atom is 0.130 e. The second-order valence-corrected chi connectivity index (χ2v) is 2.47. The summed E-state index contributed by atoms with van der Waals surface area (Å²) in [6, 6.07) is 4.94. The molecule has 0 fully saturated rings. The molecule has 0 bridgehead atoms. The SMILES string of the molecule is C#C/C=C\c1c(C)cccc1F. The molecule has 0 radical (unpaired) electrons. The van der Waals surface area contributed by atoms with E-state index in [-0.39, 0.29) is 5.82 Å². The molecule has 0 N–H and O–H groups in total. The lowest BCUT2D eigenvalue weighted by Crippen LogP contribution is -1.85. The van der Waals surface area contributed by atoms with Crippen molar-refractivity contribution in [2.75, 3.05) is 0 Å². The third-order valence-electron chi connectivity index (χ3n) is 1.62. The van der Waals surface area contributed by atoms with Gasteiger partial charge in [0.2, 0.25) is 0 Å². The average Bonchev–Trinajstić information content (AvgIpc) is 2.04. The molecule has 1 heteroatoms. The number of terminal acetylenes is 1. The Morgan fingerprint density at radius 2 is 2.25 bits per heavy atom. The molecule has 0 aliphatic carbocycles. The number of aryl methyl sites for hydroxylation is 1. The van der Waals surface area contributed by atoms with Crippen LogP contribution in [0.25, 0.3) is 6.08 Å². The number of hydrogen-bond acceptors (Lipinski definition) is 0. The van der Waals surface area contributed by atoms with Crippen molar-refractivity contribution in [3.8, 4) is 12.3 Å². The highest BCUT2D eigenvalue weighted by atomic mass is 19.1. The minimum atomic E-state index is -0.235. The third-order valence-corrected chi connectivity index (χ3v) is 1.62. The van der Waals surface area contributed by atoms with Gasteiger partial charge in [-0.1, -0.05) is 18.1 Å². The Balaban J connectivity index is 3.15. The second kappa shape index (κ2) is 3.73. The van der Waals surface area contributed by atoms with Gasteiger partial charge in [0.1, 0.15) is 5.82 Å². The van der Waals surface area contributed by atoms with Crippen molar-refractivity contribution < 1.29 is 4.39 Å². The zero-order chi connectivity index (χ0) is 8.97. The lowest BCUT2D eigenvalue weighted by atomic mass is 10.1. The van der Waals surface area contributed by atoms with E-state index in [0.717, 1.165) is 5.56 Å². The molecule has 0 aliphatic rings. The van der Waals surface area contributed by atoms with Crippen LogP contribution in [0.2, 0.25) is 0 Å². The Bertz CT molecular complexity index is 322. The molecule has 0 amide bonds. The monoisotopic (exact) mass is 160 g/mol. The molecule has 0 atom stereocenters. The highest BCUT2D eigenvalue weighted by Gasteiger charge is 1.99. The van der Waals surface area contributed by atoms with E-state index in [1.165, 1.54) is 12.1 Å². The molecule has 0 saturated heterocycles. The molecular weight excluding hydrogens is 151 g/mol. The van der Waals surface area contributed by atoms with Gasteiger partial charge in [-0.25, -0.2) is 4.39 Å². The summed E-state index contributed by atoms with van der Waals surface area (Å²) < 4.78 is 13.1. The van der Waals surface area contributed by atoms with Crippen LogP contribution in [0.3, 0.4) is 0 Å². The van der Waals surface area contributed by atoms with Crippen LogP contribution < -0.4 is 0 Å². The maximum absolute atomic E-state index is 13.1. The molecule has 0 aliphatic heterocycles. The summed E-state index contributed by atoms with van der Waals surface area (Å²) in [5.41, 5.74) is 1.46. The highest BCUT2D eigenvalue weighted by molar-refractivity contribution is 5.56. The fourth-order valence-corrected chi connectivity index (χ4v) is 0.987. The van der Waals surface area contributed by atoms with Crippen molar-refractivity contribution in [3.05, 3.63) is 41.2 Å². The van der Waals surface area contributed by atoms with Crippen LogP contribution in [-0.2, 0) is 0 Å². The van der Waals surface area contributed by atoms with Crippen LogP contribution >= 0.6 is 0 Å². The van der Waals surface area contributed by atoms with Gasteiger partial charge in [-0.3, -0.25) is 0 Å². The number of hydrogen-bond donors (Lipinski definition) is 0. The Kier molecular flexibility index (Phi) is 2.66. The average molecular weight is 160 g/mol. The minimum Gasteiger partial charge on any atom is -0.206 e. The van der Waals surface area contributed by atoms with Crippen LogP contribution in [0.15, 0.2) is 24.3 Å². The van der Waals surface area contributed by atoms with E-state index in [0.29, 0.717) is 5.56 Å². The third kappa shape index (κ3) is 1.73. The zero-order valence-corrected chi connectivity index (χ0v) is 6.84. The summed E-state index contributed by atoms with van der Waals surface area (Å²) in [7, 11) is 0. The Labute approximate surface area is 71.7 Å². The van der Waals surface area contributed by atoms with Gasteiger partial charge in [0, 0.05) is 5.56 Å². The van der Waals surface area contributed by atoms with Gasteiger partial charge in [-0.2, -0.15) is 0 Å². The molecule has 0 nitrogen and oxygen atoms in total. The fourth-order valence-electron chi connectivity index (χ4n) is 0.987. The predicted molar refractivity (Wildman–Crippen MR) is 49.0 cm³/mol. The zero-order valence-electron chi connectivity index (χ0n) is 6.84. The maximum atomic E-state index is 13.1. The van der Waals surface area contributed by atoms with Crippen LogP contribution in [0.1, 0.15) is 11.1 Å². The molecule has 1 aromatic carbocycles. The van der Waals surface area contributed by atoms with Gasteiger partial charge in [0.25, 0.3) is 0 Å². The van der Waals surface area contributed by atoms with Crippen molar-refractivity contribution in [2.24, 2.45) is 0 Å². The number of rotatable bonds is 1. The summed E-state index contributed by atoms with van der Waals surface area (Å²) in [4.78, 5) is 0. The fraction of sp³-hybridized carbons (Fsp3) is 0.0909. The Hall–Kier alpha value is -1.55. The molecule has 0 heterocycles. The number of allylic oxidation sites excluding steroid dienone is 1. The van der Waals surface area contributed by atoms with E-state index in [9.17, 15) is 4.39 Å². The van der Waals surface area contributed by atoms with Crippen molar-refractivity contribution >= 4 is 6.08 Å². The molecule has 60 valence electrons. The van der Waals surface area contributed by atoms with Gasteiger partial charge in [0.15, 0.2) is 0 Å². The molecule has 0 spiro atoms. The summed E-state index contributed by atoms with van der Waals surface area (Å²) in [5, 5.41) is 0. The minimum absolute atomic E-state index is 0.235. The van der Waals surface area contributed by atoms with Crippen LogP contribution in [0.5, 0.6) is 0 Å². The van der Waals surface area contributed by atoms with E-state index < -0.39 is 0 Å². The quantitative estimate of drug-likeness (QED) is 0.554. The molecule has 1 rings (SSSR count). The summed E-state index contributed by atoms with van der Waals surface area (Å²) >= 11 is 0. The Morgan fingerprint density at radius 3 is 2.83 bits per heavy atom. The standard InChI is InChI=1S/C11H9F/c1-3-4-7-10-9(2)6-5-8-11(10)12/h1,4-8H,2H3/b7-4-. The first-order valence-corrected chi connectivity index (χ1v) is 3.63. The summed E-state index contributed by atoms with van der Waals surface area (Å²) in [5.74, 6) is 2.09. The topological polar surface area (TPSA) is 0 Å². The van der Waals surface area contributed by atoms with Crippen molar-refractivity contribution in [3.63, 3.8) is 0 Å². The summed E-state index contributed by atoms with van der Waals surface area (Å²) in [6.07, 6.45) is 8.11. The first-order chi connectivity index (χ1) is 5.75. The molecular formula is C11H9F. The van der Waals surface area contributed by atoms with E-state index >= 15 is 0 Å². The second-order valence-electron chi connectivity index (χ2n) is 2.47.